The lowest BCUT2D eigenvalue weighted by atomic mass is 9.98. The van der Waals surface area contributed by atoms with Crippen molar-refractivity contribution >= 4 is 0 Å². The minimum absolute atomic E-state index is 0.534. The predicted octanol–water partition coefficient (Wildman–Crippen LogP) is 2.66. The number of nitrogens with zero attached hydrogens (tertiary/aromatic N) is 1. The van der Waals surface area contributed by atoms with Crippen molar-refractivity contribution < 1.29 is 4.74 Å². The van der Waals surface area contributed by atoms with E-state index in [0.717, 1.165) is 13.0 Å². The Morgan fingerprint density at radius 1 is 1.41 bits per heavy atom. The van der Waals surface area contributed by atoms with Crippen LogP contribution in [0, 0.1) is 5.92 Å². The van der Waals surface area contributed by atoms with Gasteiger partial charge in [-0.25, -0.2) is 4.98 Å². The summed E-state index contributed by atoms with van der Waals surface area (Å²) in [6.07, 6.45) is 4.04. The first-order valence-electron chi connectivity index (χ1n) is 6.38. The quantitative estimate of drug-likeness (QED) is 0.790. The van der Waals surface area contributed by atoms with E-state index in [1.165, 1.54) is 12.0 Å². The number of likely N-dealkylation sites (N-methyl/N-ethyl adjacent to an activating group) is 1. The van der Waals surface area contributed by atoms with Gasteiger partial charge in [-0.2, -0.15) is 0 Å². The van der Waals surface area contributed by atoms with Gasteiger partial charge >= 0.3 is 0 Å². The lowest BCUT2D eigenvalue weighted by molar-refractivity contribution is 0.395. The minimum Gasteiger partial charge on any atom is -0.481 e. The lowest BCUT2D eigenvalue weighted by Gasteiger charge is -2.20. The number of aromatic nitrogens is 1. The Balaban J connectivity index is 2.64. The van der Waals surface area contributed by atoms with Gasteiger partial charge < -0.3 is 10.1 Å². The Kier molecular flexibility index (Phi) is 5.98. The minimum atomic E-state index is 0.534. The molecule has 3 nitrogen and oxygen atoms in total. The first-order chi connectivity index (χ1) is 8.15. The molecule has 1 N–H and O–H groups in total. The highest BCUT2D eigenvalue weighted by Gasteiger charge is 2.11. The van der Waals surface area contributed by atoms with Crippen LogP contribution in [0.1, 0.15) is 32.8 Å². The molecule has 0 aliphatic heterocycles. The van der Waals surface area contributed by atoms with Crippen molar-refractivity contribution in [1.29, 1.82) is 0 Å². The average molecular weight is 236 g/mol. The number of ether oxygens (including phenoxy) is 1. The third-order valence-corrected chi connectivity index (χ3v) is 2.74. The molecule has 1 heterocycles. The van der Waals surface area contributed by atoms with Crippen LogP contribution in [0.25, 0.3) is 0 Å². The van der Waals surface area contributed by atoms with Gasteiger partial charge in [-0.15, -0.1) is 0 Å². The summed E-state index contributed by atoms with van der Waals surface area (Å²) in [5, 5.41) is 3.54. The second-order valence-corrected chi connectivity index (χ2v) is 4.79. The summed E-state index contributed by atoms with van der Waals surface area (Å²) in [4.78, 5) is 4.13. The van der Waals surface area contributed by atoms with E-state index in [9.17, 15) is 0 Å². The van der Waals surface area contributed by atoms with Gasteiger partial charge in [0.1, 0.15) is 0 Å². The first kappa shape index (κ1) is 14.0. The molecule has 1 aromatic rings. The van der Waals surface area contributed by atoms with Gasteiger partial charge in [0.15, 0.2) is 0 Å². The Hall–Kier alpha value is -1.09. The van der Waals surface area contributed by atoms with Crippen LogP contribution in [0.4, 0.5) is 0 Å². The summed E-state index contributed by atoms with van der Waals surface area (Å²) in [5.41, 5.74) is 1.28. The molecule has 17 heavy (non-hydrogen) atoms. The molecule has 0 radical (unpaired) electrons. The summed E-state index contributed by atoms with van der Waals surface area (Å²) in [5.74, 6) is 1.41. The fourth-order valence-electron chi connectivity index (χ4n) is 2.07. The molecule has 1 atom stereocenters. The Labute approximate surface area is 105 Å². The van der Waals surface area contributed by atoms with Crippen molar-refractivity contribution in [3.8, 4) is 5.88 Å². The second-order valence-electron chi connectivity index (χ2n) is 4.79. The summed E-state index contributed by atoms with van der Waals surface area (Å²) < 4.78 is 5.15. The molecular formula is C14H24N2O. The fourth-order valence-corrected chi connectivity index (χ4v) is 2.07. The zero-order chi connectivity index (χ0) is 12.7. The topological polar surface area (TPSA) is 34.2 Å². The smallest absolute Gasteiger partial charge is 0.213 e. The van der Waals surface area contributed by atoms with Gasteiger partial charge in [-0.05, 0) is 36.9 Å². The van der Waals surface area contributed by atoms with E-state index < -0.39 is 0 Å². The van der Waals surface area contributed by atoms with Gasteiger partial charge in [-0.1, -0.05) is 20.8 Å². The van der Waals surface area contributed by atoms with Crippen LogP contribution < -0.4 is 10.1 Å². The normalized spacial score (nSPS) is 12.8. The third-order valence-electron chi connectivity index (χ3n) is 2.74. The van der Waals surface area contributed by atoms with Crippen LogP contribution >= 0.6 is 0 Å². The molecule has 1 aromatic heterocycles. The zero-order valence-corrected chi connectivity index (χ0v) is 11.4. The van der Waals surface area contributed by atoms with E-state index in [2.05, 4.69) is 37.1 Å². The highest BCUT2D eigenvalue weighted by Crippen LogP contribution is 2.14. The molecular weight excluding hydrogens is 212 g/mol. The maximum atomic E-state index is 5.15. The van der Waals surface area contributed by atoms with Gasteiger partial charge in [0, 0.05) is 18.3 Å². The third kappa shape index (κ3) is 5.18. The number of hydrogen-bond acceptors (Lipinski definition) is 3. The van der Waals surface area contributed by atoms with Crippen molar-refractivity contribution in [2.24, 2.45) is 5.92 Å². The molecule has 0 aromatic carbocycles. The maximum Gasteiger partial charge on any atom is 0.213 e. The van der Waals surface area contributed by atoms with E-state index in [1.54, 1.807) is 7.11 Å². The highest BCUT2D eigenvalue weighted by atomic mass is 16.5. The van der Waals surface area contributed by atoms with Crippen LogP contribution in [0.5, 0.6) is 5.88 Å². The summed E-state index contributed by atoms with van der Waals surface area (Å²) in [6.45, 7) is 7.69. The van der Waals surface area contributed by atoms with E-state index in [1.807, 2.05) is 12.3 Å². The van der Waals surface area contributed by atoms with Crippen molar-refractivity contribution in [1.82, 2.24) is 10.3 Å². The van der Waals surface area contributed by atoms with Crippen LogP contribution in [0.3, 0.4) is 0 Å². The fraction of sp³-hybridized carbons (Fsp3) is 0.643. The molecule has 96 valence electrons. The van der Waals surface area contributed by atoms with Crippen molar-refractivity contribution in [3.63, 3.8) is 0 Å². The molecule has 0 bridgehead atoms. The number of hydrogen-bond donors (Lipinski definition) is 1. The molecule has 1 unspecified atom stereocenters. The molecule has 0 saturated carbocycles. The van der Waals surface area contributed by atoms with Gasteiger partial charge in [0.25, 0.3) is 0 Å². The Bertz CT molecular complexity index is 326. The molecule has 3 heteroatoms. The summed E-state index contributed by atoms with van der Waals surface area (Å²) >= 11 is 0. The SMILES string of the molecule is CCNC(Cc1ccnc(OC)c1)CC(C)C. The van der Waals surface area contributed by atoms with Gasteiger partial charge in [-0.3, -0.25) is 0 Å². The summed E-state index contributed by atoms with van der Waals surface area (Å²) in [6, 6.07) is 4.62. The van der Waals surface area contributed by atoms with E-state index in [-0.39, 0.29) is 0 Å². The van der Waals surface area contributed by atoms with Gasteiger partial charge in [0.2, 0.25) is 5.88 Å². The standard InChI is InChI=1S/C14H24N2O/c1-5-15-13(8-11(2)3)9-12-6-7-16-14(10-12)17-4/h6-7,10-11,13,15H,5,8-9H2,1-4H3. The molecule has 0 fully saturated rings. The van der Waals surface area contributed by atoms with E-state index in [4.69, 9.17) is 4.74 Å². The molecule has 0 saturated heterocycles. The molecule has 1 rings (SSSR count). The number of pyridine rings is 1. The molecule has 0 aliphatic rings. The van der Waals surface area contributed by atoms with Crippen LogP contribution in [0.2, 0.25) is 0 Å². The largest absolute Gasteiger partial charge is 0.481 e. The van der Waals surface area contributed by atoms with Crippen molar-refractivity contribution in [2.75, 3.05) is 13.7 Å². The number of nitrogens with one attached hydrogen (secondary N) is 1. The number of methoxy groups -OCH3 is 1. The Morgan fingerprint density at radius 2 is 2.18 bits per heavy atom. The van der Waals surface area contributed by atoms with E-state index in [0.29, 0.717) is 17.8 Å². The predicted molar refractivity (Wildman–Crippen MR) is 71.4 cm³/mol. The molecule has 0 spiro atoms. The van der Waals surface area contributed by atoms with Crippen molar-refractivity contribution in [2.45, 2.75) is 39.7 Å². The Morgan fingerprint density at radius 3 is 2.76 bits per heavy atom. The second kappa shape index (κ2) is 7.28. The molecule has 0 aliphatic carbocycles. The van der Waals surface area contributed by atoms with Crippen LogP contribution in [-0.2, 0) is 6.42 Å². The lowest BCUT2D eigenvalue weighted by Crippen LogP contribution is -2.32. The maximum absolute atomic E-state index is 5.15. The van der Waals surface area contributed by atoms with Gasteiger partial charge in [0.05, 0.1) is 7.11 Å². The summed E-state index contributed by atoms with van der Waals surface area (Å²) in [7, 11) is 1.65. The van der Waals surface area contributed by atoms with Crippen LogP contribution in [-0.4, -0.2) is 24.7 Å². The molecule has 0 amide bonds. The van der Waals surface area contributed by atoms with E-state index >= 15 is 0 Å². The van der Waals surface area contributed by atoms with Crippen molar-refractivity contribution in [3.05, 3.63) is 23.9 Å². The first-order valence-corrected chi connectivity index (χ1v) is 6.38. The zero-order valence-electron chi connectivity index (χ0n) is 11.4. The highest BCUT2D eigenvalue weighted by molar-refractivity contribution is 5.21. The monoisotopic (exact) mass is 236 g/mol. The number of rotatable bonds is 7. The average Bonchev–Trinajstić information content (AvgIpc) is 2.29. The van der Waals surface area contributed by atoms with Crippen LogP contribution in [0.15, 0.2) is 18.3 Å².